The molecule has 0 spiro atoms. The Bertz CT molecular complexity index is 1540. The summed E-state index contributed by atoms with van der Waals surface area (Å²) in [4.78, 5) is 16.6. The zero-order chi connectivity index (χ0) is 28.2. The Hall–Kier alpha value is -3.34. The normalized spacial score (nSPS) is 11.9. The number of thiazole rings is 1. The average Bonchev–Trinajstić information content (AvgIpc) is 3.34. The van der Waals surface area contributed by atoms with Crippen LogP contribution >= 0.6 is 11.3 Å². The van der Waals surface area contributed by atoms with Gasteiger partial charge in [0.25, 0.3) is 10.0 Å². The van der Waals surface area contributed by atoms with Gasteiger partial charge in [0, 0.05) is 24.0 Å². The van der Waals surface area contributed by atoms with E-state index in [0.29, 0.717) is 22.5 Å². The Morgan fingerprint density at radius 3 is 2.23 bits per heavy atom. The molecule has 0 saturated carbocycles. The Labute approximate surface area is 233 Å². The van der Waals surface area contributed by atoms with E-state index in [1.54, 1.807) is 18.2 Å². The number of nitrogens with zero attached hydrogens (tertiary/aromatic N) is 2. The van der Waals surface area contributed by atoms with Crippen LogP contribution in [0.5, 0.6) is 5.75 Å². The average molecular weight is 569 g/mol. The van der Waals surface area contributed by atoms with Gasteiger partial charge in [-0.3, -0.25) is 4.79 Å². The fourth-order valence-corrected chi connectivity index (χ4v) is 6.05. The number of sulfonamides is 1. The summed E-state index contributed by atoms with van der Waals surface area (Å²) in [5.74, 6) is 0.804. The van der Waals surface area contributed by atoms with Gasteiger partial charge >= 0.3 is 5.97 Å². The monoisotopic (exact) mass is 568 g/mol. The number of pyridine rings is 1. The third-order valence-corrected chi connectivity index (χ3v) is 8.60. The quantitative estimate of drug-likeness (QED) is 0.152. The van der Waals surface area contributed by atoms with E-state index in [9.17, 15) is 13.2 Å². The van der Waals surface area contributed by atoms with Crippen molar-refractivity contribution in [2.45, 2.75) is 56.8 Å². The van der Waals surface area contributed by atoms with Crippen molar-refractivity contribution in [3.63, 3.8) is 0 Å². The van der Waals surface area contributed by atoms with Gasteiger partial charge in [-0.15, -0.1) is 11.3 Å². The van der Waals surface area contributed by atoms with Gasteiger partial charge in [0.05, 0.1) is 10.2 Å². The second kappa shape index (κ2) is 12.2. The third kappa shape index (κ3) is 7.20. The fourth-order valence-electron chi connectivity index (χ4n) is 4.36. The number of hydrogen-bond acceptors (Lipinski definition) is 7. The third-order valence-electron chi connectivity index (χ3n) is 6.26. The summed E-state index contributed by atoms with van der Waals surface area (Å²) in [6.07, 6.45) is 0.248. The van der Waals surface area contributed by atoms with Gasteiger partial charge < -0.3 is 9.47 Å². The highest BCUT2D eigenvalue weighted by atomic mass is 32.2. The largest absolute Gasteiger partial charge is 0.490 e. The van der Waals surface area contributed by atoms with E-state index in [0.717, 1.165) is 11.3 Å². The first-order valence-corrected chi connectivity index (χ1v) is 15.2. The molecule has 0 aliphatic heterocycles. The molecule has 4 rings (SSSR count). The molecule has 0 aliphatic rings. The van der Waals surface area contributed by atoms with Crippen LogP contribution in [0, 0.1) is 0 Å². The number of primary sulfonamides is 1. The Morgan fingerprint density at radius 1 is 0.949 bits per heavy atom. The number of aromatic nitrogens is 2. The minimum Gasteiger partial charge on any atom is -0.490 e. The van der Waals surface area contributed by atoms with Crippen LogP contribution in [0.4, 0.5) is 0 Å². The molecule has 2 N–H and O–H groups in total. The van der Waals surface area contributed by atoms with E-state index in [1.165, 1.54) is 22.5 Å². The molecule has 0 unspecified atom stereocenters. The molecule has 39 heavy (non-hydrogen) atoms. The number of esters is 1. The van der Waals surface area contributed by atoms with Crippen molar-refractivity contribution < 1.29 is 27.3 Å². The molecule has 0 amide bonds. The van der Waals surface area contributed by atoms with Crippen molar-refractivity contribution in [3.8, 4) is 16.9 Å². The highest BCUT2D eigenvalue weighted by molar-refractivity contribution is 7.91. The summed E-state index contributed by atoms with van der Waals surface area (Å²) >= 11 is 0.981. The maximum Gasteiger partial charge on any atom is 0.312 e. The van der Waals surface area contributed by atoms with Crippen molar-refractivity contribution in [3.05, 3.63) is 72.1 Å². The molecule has 2 aromatic carbocycles. The van der Waals surface area contributed by atoms with Gasteiger partial charge in [0.1, 0.15) is 25.4 Å². The summed E-state index contributed by atoms with van der Waals surface area (Å²) in [7, 11) is -3.86. The molecule has 2 aromatic heterocycles. The smallest absolute Gasteiger partial charge is 0.312 e. The molecule has 10 heteroatoms. The number of carbonyl (C=O) groups is 1. The van der Waals surface area contributed by atoms with Gasteiger partial charge in [-0.25, -0.2) is 18.5 Å². The molecular formula is C29H34N3O5S2+. The topological polar surface area (TPSA) is 112 Å². The van der Waals surface area contributed by atoms with Gasteiger partial charge in [-0.05, 0) is 29.3 Å². The summed E-state index contributed by atoms with van der Waals surface area (Å²) in [5, 5.41) is 5.16. The second-order valence-corrected chi connectivity index (χ2v) is 12.7. The number of fused-ring (bicyclic) bond motifs is 1. The van der Waals surface area contributed by atoms with Crippen molar-refractivity contribution in [2.75, 3.05) is 13.2 Å². The number of nitrogens with two attached hydrogens (primary N) is 1. The molecule has 0 saturated heterocycles. The van der Waals surface area contributed by atoms with E-state index >= 15 is 0 Å². The Balaban J connectivity index is 1.36. The zero-order valence-electron chi connectivity index (χ0n) is 22.6. The molecule has 0 fully saturated rings. The van der Waals surface area contributed by atoms with Crippen LogP contribution in [0.15, 0.2) is 65.0 Å². The Morgan fingerprint density at radius 2 is 1.62 bits per heavy atom. The molecular weight excluding hydrogens is 534 g/mol. The van der Waals surface area contributed by atoms with Gasteiger partial charge in [0.15, 0.2) is 17.9 Å². The lowest BCUT2D eigenvalue weighted by molar-refractivity contribution is -0.712. The SMILES string of the molecule is CC(C)c1cc(-c2ccccc2)cc(C(C)C)[n+]1CCC(=O)OCCOc1ccc2nc(S(N)(=O)=O)sc2c1. The van der Waals surface area contributed by atoms with Crippen molar-refractivity contribution >= 4 is 37.5 Å². The van der Waals surface area contributed by atoms with E-state index in [2.05, 4.69) is 61.5 Å². The van der Waals surface area contributed by atoms with Crippen LogP contribution in [-0.2, 0) is 26.1 Å². The van der Waals surface area contributed by atoms with Crippen LogP contribution in [0.1, 0.15) is 57.3 Å². The van der Waals surface area contributed by atoms with E-state index in [-0.39, 0.29) is 41.8 Å². The molecule has 2 heterocycles. The number of hydrogen-bond donors (Lipinski definition) is 1. The predicted octanol–water partition coefficient (Wildman–Crippen LogP) is 5.16. The Kier molecular flexibility index (Phi) is 8.99. The van der Waals surface area contributed by atoms with E-state index < -0.39 is 10.0 Å². The van der Waals surface area contributed by atoms with Gasteiger partial charge in [-0.2, -0.15) is 4.57 Å². The molecule has 206 valence electrons. The summed E-state index contributed by atoms with van der Waals surface area (Å²) < 4.78 is 36.9. The standard InChI is InChI=1S/C29H34N3O5S2/c1-19(2)25-16-22(21-8-6-5-7-9-21)17-26(20(3)4)32(25)13-12-28(33)37-15-14-36-23-10-11-24-27(18-23)38-29(31-24)39(30,34)35/h5-11,16-20H,12-15H2,1-4H3,(H2,30,34,35)/q+1. The highest BCUT2D eigenvalue weighted by Crippen LogP contribution is 2.28. The van der Waals surface area contributed by atoms with Gasteiger partial charge in [-0.1, -0.05) is 58.0 Å². The van der Waals surface area contributed by atoms with Crippen LogP contribution in [-0.4, -0.2) is 32.6 Å². The second-order valence-electron chi connectivity index (χ2n) is 9.89. The van der Waals surface area contributed by atoms with E-state index in [1.807, 2.05) is 18.2 Å². The van der Waals surface area contributed by atoms with E-state index in [4.69, 9.17) is 14.6 Å². The molecule has 0 bridgehead atoms. The van der Waals surface area contributed by atoms with Crippen LogP contribution in [0.3, 0.4) is 0 Å². The van der Waals surface area contributed by atoms with Crippen LogP contribution in [0.25, 0.3) is 21.3 Å². The number of carbonyl (C=O) groups excluding carboxylic acids is 1. The fraction of sp³-hybridized carbons (Fsp3) is 0.345. The maximum atomic E-state index is 12.6. The van der Waals surface area contributed by atoms with Gasteiger partial charge in [0.2, 0.25) is 4.34 Å². The predicted molar refractivity (Wildman–Crippen MR) is 152 cm³/mol. The summed E-state index contributed by atoms with van der Waals surface area (Å²) in [6.45, 7) is 9.47. The molecule has 0 aliphatic carbocycles. The highest BCUT2D eigenvalue weighted by Gasteiger charge is 2.25. The molecule has 4 aromatic rings. The minimum absolute atomic E-state index is 0.105. The maximum absolute atomic E-state index is 12.6. The minimum atomic E-state index is -3.86. The van der Waals surface area contributed by atoms with Crippen molar-refractivity contribution in [1.29, 1.82) is 0 Å². The van der Waals surface area contributed by atoms with Crippen molar-refractivity contribution in [1.82, 2.24) is 4.98 Å². The molecule has 0 atom stereocenters. The molecule has 0 radical (unpaired) electrons. The number of rotatable bonds is 11. The number of benzene rings is 2. The summed E-state index contributed by atoms with van der Waals surface area (Å²) in [6, 6.07) is 19.8. The first kappa shape index (κ1) is 28.7. The first-order chi connectivity index (χ1) is 18.5. The van der Waals surface area contributed by atoms with Crippen LogP contribution < -0.4 is 14.4 Å². The van der Waals surface area contributed by atoms with Crippen LogP contribution in [0.2, 0.25) is 0 Å². The first-order valence-electron chi connectivity index (χ1n) is 12.9. The lowest BCUT2D eigenvalue weighted by Gasteiger charge is -2.16. The number of ether oxygens (including phenoxy) is 2. The van der Waals surface area contributed by atoms with Crippen molar-refractivity contribution in [2.24, 2.45) is 5.14 Å². The zero-order valence-corrected chi connectivity index (χ0v) is 24.2. The lowest BCUT2D eigenvalue weighted by Crippen LogP contribution is -2.44. The summed E-state index contributed by atoms with van der Waals surface area (Å²) in [5.41, 5.74) is 5.24. The molecule has 8 nitrogen and oxygen atoms in total. The lowest BCUT2D eigenvalue weighted by atomic mass is 9.97.